The minimum atomic E-state index is -0.711. The summed E-state index contributed by atoms with van der Waals surface area (Å²) in [6, 6.07) is 6.97. The first-order chi connectivity index (χ1) is 15.0. The van der Waals surface area contributed by atoms with Crippen LogP contribution in [-0.2, 0) is 6.54 Å². The van der Waals surface area contributed by atoms with Gasteiger partial charge in [0.1, 0.15) is 17.3 Å². The number of hydrogen-bond donors (Lipinski definition) is 1. The average molecular weight is 429 g/mol. The molecule has 0 spiro atoms. The van der Waals surface area contributed by atoms with Crippen molar-refractivity contribution in [1.29, 1.82) is 0 Å². The van der Waals surface area contributed by atoms with E-state index in [0.29, 0.717) is 46.9 Å². The fourth-order valence-electron chi connectivity index (χ4n) is 4.21. The van der Waals surface area contributed by atoms with E-state index in [9.17, 15) is 13.6 Å². The van der Waals surface area contributed by atoms with Crippen molar-refractivity contribution < 1.29 is 18.3 Å². The van der Waals surface area contributed by atoms with Gasteiger partial charge in [0, 0.05) is 30.1 Å². The summed E-state index contributed by atoms with van der Waals surface area (Å²) in [7, 11) is 2.99. The van der Waals surface area contributed by atoms with Crippen LogP contribution in [-0.4, -0.2) is 31.9 Å². The van der Waals surface area contributed by atoms with Crippen molar-refractivity contribution in [3.05, 3.63) is 57.9 Å². The van der Waals surface area contributed by atoms with Gasteiger partial charge in [-0.2, -0.15) is 0 Å². The second-order valence-electron chi connectivity index (χ2n) is 7.63. The molecule has 0 amide bonds. The Balaban J connectivity index is 2.02. The predicted octanol–water partition coefficient (Wildman–Crippen LogP) is 3.92. The summed E-state index contributed by atoms with van der Waals surface area (Å²) < 4.78 is 41.0. The molecule has 3 aromatic rings. The van der Waals surface area contributed by atoms with Gasteiger partial charge in [0.15, 0.2) is 11.5 Å². The summed E-state index contributed by atoms with van der Waals surface area (Å²) in [6.07, 6.45) is 2.99. The smallest absolute Gasteiger partial charge is 0.277 e. The van der Waals surface area contributed by atoms with Gasteiger partial charge in [-0.25, -0.2) is 8.78 Å². The van der Waals surface area contributed by atoms with E-state index < -0.39 is 11.6 Å². The zero-order valence-corrected chi connectivity index (χ0v) is 17.6. The number of fused-ring (bicyclic) bond motifs is 1. The highest BCUT2D eigenvalue weighted by atomic mass is 19.1. The molecule has 1 aromatic heterocycles. The van der Waals surface area contributed by atoms with E-state index in [1.165, 1.54) is 37.0 Å². The van der Waals surface area contributed by atoms with E-state index in [1.54, 1.807) is 12.1 Å². The number of nitrogen functional groups attached to an aromatic ring is 1. The SMILES string of the molecule is COc1cc2c(N)c(N3CCCCC3)c(=O)n(Cc3c(F)cccc3F)c2cc1OC. The summed E-state index contributed by atoms with van der Waals surface area (Å²) in [6.45, 7) is 1.13. The highest BCUT2D eigenvalue weighted by Crippen LogP contribution is 2.37. The van der Waals surface area contributed by atoms with E-state index in [4.69, 9.17) is 15.2 Å². The van der Waals surface area contributed by atoms with Crippen molar-refractivity contribution in [3.63, 3.8) is 0 Å². The maximum absolute atomic E-state index is 14.4. The number of halogens is 2. The van der Waals surface area contributed by atoms with Gasteiger partial charge < -0.3 is 24.7 Å². The molecule has 4 rings (SSSR count). The molecule has 8 heteroatoms. The molecular weight excluding hydrogens is 404 g/mol. The number of methoxy groups -OCH3 is 2. The van der Waals surface area contributed by atoms with Gasteiger partial charge in [-0.05, 0) is 37.5 Å². The zero-order valence-electron chi connectivity index (χ0n) is 17.6. The first-order valence-corrected chi connectivity index (χ1v) is 10.2. The molecule has 164 valence electrons. The normalized spacial score (nSPS) is 14.1. The number of aromatic nitrogens is 1. The minimum absolute atomic E-state index is 0.185. The number of nitrogens with two attached hydrogens (primary N) is 1. The van der Waals surface area contributed by atoms with E-state index in [0.717, 1.165) is 19.3 Å². The van der Waals surface area contributed by atoms with Crippen LogP contribution in [0.5, 0.6) is 11.5 Å². The molecule has 0 radical (unpaired) electrons. The van der Waals surface area contributed by atoms with Crippen molar-refractivity contribution in [2.45, 2.75) is 25.8 Å². The van der Waals surface area contributed by atoms with Gasteiger partial charge in [-0.15, -0.1) is 0 Å². The van der Waals surface area contributed by atoms with E-state index in [-0.39, 0.29) is 17.7 Å². The fraction of sp³-hybridized carbons (Fsp3) is 0.348. The number of benzene rings is 2. The molecule has 0 bridgehead atoms. The largest absolute Gasteiger partial charge is 0.493 e. The van der Waals surface area contributed by atoms with Gasteiger partial charge in [0.05, 0.1) is 32.0 Å². The fourth-order valence-corrected chi connectivity index (χ4v) is 4.21. The Kier molecular flexibility index (Phi) is 5.71. The molecule has 1 fully saturated rings. The van der Waals surface area contributed by atoms with Gasteiger partial charge in [-0.1, -0.05) is 6.07 Å². The van der Waals surface area contributed by atoms with E-state index in [2.05, 4.69) is 0 Å². The predicted molar refractivity (Wildman–Crippen MR) is 117 cm³/mol. The number of piperidine rings is 1. The lowest BCUT2D eigenvalue weighted by Gasteiger charge is -2.30. The van der Waals surface area contributed by atoms with Crippen LogP contribution in [0.25, 0.3) is 10.9 Å². The lowest BCUT2D eigenvalue weighted by Crippen LogP contribution is -2.37. The molecule has 2 aromatic carbocycles. The van der Waals surface area contributed by atoms with Gasteiger partial charge in [0.25, 0.3) is 5.56 Å². The second-order valence-corrected chi connectivity index (χ2v) is 7.63. The summed E-state index contributed by atoms with van der Waals surface area (Å²) in [5.74, 6) is -0.579. The van der Waals surface area contributed by atoms with Crippen LogP contribution in [0.2, 0.25) is 0 Å². The lowest BCUT2D eigenvalue weighted by molar-refractivity contribution is 0.355. The van der Waals surface area contributed by atoms with E-state index >= 15 is 0 Å². The van der Waals surface area contributed by atoms with Crippen LogP contribution >= 0.6 is 0 Å². The summed E-state index contributed by atoms with van der Waals surface area (Å²) in [5.41, 5.74) is 7.02. The van der Waals surface area contributed by atoms with Crippen LogP contribution in [0.1, 0.15) is 24.8 Å². The molecule has 1 aliphatic rings. The molecular formula is C23H25F2N3O3. The van der Waals surface area contributed by atoms with Crippen LogP contribution in [0.3, 0.4) is 0 Å². The third-order valence-electron chi connectivity index (χ3n) is 5.84. The monoisotopic (exact) mass is 429 g/mol. The molecule has 2 heterocycles. The number of hydrogen-bond acceptors (Lipinski definition) is 5. The first-order valence-electron chi connectivity index (χ1n) is 10.2. The highest BCUT2D eigenvalue weighted by molar-refractivity contribution is 5.98. The van der Waals surface area contributed by atoms with Gasteiger partial charge in [0.2, 0.25) is 0 Å². The Bertz CT molecular complexity index is 1170. The zero-order chi connectivity index (χ0) is 22.1. The van der Waals surface area contributed by atoms with Crippen molar-refractivity contribution in [3.8, 4) is 11.5 Å². The lowest BCUT2D eigenvalue weighted by atomic mass is 10.1. The Morgan fingerprint density at radius 1 is 1.00 bits per heavy atom. The number of rotatable bonds is 5. The molecule has 0 aliphatic carbocycles. The molecule has 31 heavy (non-hydrogen) atoms. The standard InChI is InChI=1S/C23H25F2N3O3/c1-30-19-11-14-18(12-20(19)31-2)28(13-15-16(24)7-6-8-17(15)25)23(29)22(21(14)26)27-9-4-3-5-10-27/h6-8,11-12H,3-5,9-10,13,26H2,1-2H3. The van der Waals surface area contributed by atoms with Gasteiger partial charge >= 0.3 is 0 Å². The quantitative estimate of drug-likeness (QED) is 0.666. The molecule has 0 atom stereocenters. The maximum atomic E-state index is 14.4. The highest BCUT2D eigenvalue weighted by Gasteiger charge is 2.24. The van der Waals surface area contributed by atoms with Crippen molar-refractivity contribution in [2.24, 2.45) is 0 Å². The molecule has 0 saturated carbocycles. The Morgan fingerprint density at radius 3 is 2.23 bits per heavy atom. The van der Waals surface area contributed by atoms with Gasteiger partial charge in [-0.3, -0.25) is 4.79 Å². The summed E-state index contributed by atoms with van der Waals surface area (Å²) in [4.78, 5) is 15.6. The molecule has 6 nitrogen and oxygen atoms in total. The topological polar surface area (TPSA) is 69.7 Å². The first kappa shape index (κ1) is 21.0. The van der Waals surface area contributed by atoms with Crippen molar-refractivity contribution >= 4 is 22.3 Å². The van der Waals surface area contributed by atoms with Crippen molar-refractivity contribution in [2.75, 3.05) is 37.9 Å². The van der Waals surface area contributed by atoms with Crippen LogP contribution < -0.4 is 25.7 Å². The number of ether oxygens (including phenoxy) is 2. The number of nitrogens with zero attached hydrogens (tertiary/aromatic N) is 2. The number of anilines is 2. The van der Waals surface area contributed by atoms with Crippen LogP contribution in [0.15, 0.2) is 35.1 Å². The summed E-state index contributed by atoms with van der Waals surface area (Å²) >= 11 is 0. The molecule has 0 unspecified atom stereocenters. The molecule has 2 N–H and O–H groups in total. The Labute approximate surface area is 178 Å². The van der Waals surface area contributed by atoms with E-state index in [1.807, 2.05) is 4.90 Å². The van der Waals surface area contributed by atoms with Crippen LogP contribution in [0, 0.1) is 11.6 Å². The third-order valence-corrected chi connectivity index (χ3v) is 5.84. The Morgan fingerprint density at radius 2 is 1.61 bits per heavy atom. The Hall–Kier alpha value is -3.29. The second kappa shape index (κ2) is 8.45. The van der Waals surface area contributed by atoms with Crippen molar-refractivity contribution in [1.82, 2.24) is 4.57 Å². The van der Waals surface area contributed by atoms with Crippen LogP contribution in [0.4, 0.5) is 20.2 Å². The summed E-state index contributed by atoms with van der Waals surface area (Å²) in [5, 5.41) is 0.564. The average Bonchev–Trinajstić information content (AvgIpc) is 2.78. The molecule has 1 saturated heterocycles. The number of pyridine rings is 1. The third kappa shape index (κ3) is 3.66. The molecule has 1 aliphatic heterocycles. The minimum Gasteiger partial charge on any atom is -0.493 e. The maximum Gasteiger partial charge on any atom is 0.277 e.